The van der Waals surface area contributed by atoms with Crippen LogP contribution in [0.25, 0.3) is 6.08 Å². The highest BCUT2D eigenvalue weighted by molar-refractivity contribution is 8.01. The number of non-ortho nitro benzene ring substituents is 1. The summed E-state index contributed by atoms with van der Waals surface area (Å²) in [5.41, 5.74) is 2.99. The zero-order valence-corrected chi connectivity index (χ0v) is 25.4. The molecule has 1 atom stereocenters. The van der Waals surface area contributed by atoms with Crippen LogP contribution >= 0.6 is 11.8 Å². The number of hydrogen-bond acceptors (Lipinski definition) is 6. The summed E-state index contributed by atoms with van der Waals surface area (Å²) >= 11 is 1.70. The Morgan fingerprint density at radius 3 is 2.10 bits per heavy atom. The monoisotopic (exact) mass is 566 g/mol. The Kier molecular flexibility index (Phi) is 11.2. The molecule has 2 aliphatic heterocycles. The predicted octanol–water partition coefficient (Wildman–Crippen LogP) is 10.1. The van der Waals surface area contributed by atoms with Gasteiger partial charge in [0.05, 0.1) is 23.8 Å². The summed E-state index contributed by atoms with van der Waals surface area (Å²) < 4.78 is 12.3. The molecule has 0 aliphatic carbocycles. The molecule has 1 unspecified atom stereocenters. The standard InChI is InChI=1S/C33H46N2O4S/c1-4-5-6-7-8-9-10-11-12-13-14-15-16-17-20-27-23-26-24-28(35(36)37)25-30(38-3)32(26)39-33(27)34(2)29-21-18-19-22-31(29)40-33/h18-19,21-25H,4-17,20H2,1-3H3. The molecule has 2 heterocycles. The molecule has 0 bridgehead atoms. The molecule has 4 rings (SSSR count). The summed E-state index contributed by atoms with van der Waals surface area (Å²) in [5, 5.41) is 10.9. The molecule has 0 amide bonds. The Labute approximate surface area is 244 Å². The maximum Gasteiger partial charge on any atom is 0.274 e. The highest BCUT2D eigenvalue weighted by Crippen LogP contribution is 2.58. The van der Waals surface area contributed by atoms with E-state index in [0.717, 1.165) is 24.1 Å². The first kappa shape index (κ1) is 30.3. The fourth-order valence-corrected chi connectivity index (χ4v) is 7.28. The normalized spacial score (nSPS) is 17.4. The van der Waals surface area contributed by atoms with Gasteiger partial charge in [-0.25, -0.2) is 0 Å². The van der Waals surface area contributed by atoms with Crippen LogP contribution in [-0.2, 0) is 0 Å². The van der Waals surface area contributed by atoms with E-state index in [9.17, 15) is 10.1 Å². The number of nitrogens with zero attached hydrogens (tertiary/aromatic N) is 2. The minimum Gasteiger partial charge on any atom is -0.493 e. The molecular weight excluding hydrogens is 520 g/mol. The largest absolute Gasteiger partial charge is 0.493 e. The van der Waals surface area contributed by atoms with E-state index in [1.165, 1.54) is 102 Å². The summed E-state index contributed by atoms with van der Waals surface area (Å²) in [4.78, 5) is 14.6. The molecule has 0 N–H and O–H groups in total. The lowest BCUT2D eigenvalue weighted by atomic mass is 9.97. The van der Waals surface area contributed by atoms with Gasteiger partial charge in [-0.05, 0) is 42.8 Å². The highest BCUT2D eigenvalue weighted by atomic mass is 32.2. The van der Waals surface area contributed by atoms with Gasteiger partial charge in [0, 0.05) is 29.1 Å². The third-order valence-electron chi connectivity index (χ3n) is 8.19. The lowest BCUT2D eigenvalue weighted by Gasteiger charge is -2.41. The third-order valence-corrected chi connectivity index (χ3v) is 9.65. The molecule has 2 aromatic rings. The summed E-state index contributed by atoms with van der Waals surface area (Å²) in [6.07, 6.45) is 21.6. The van der Waals surface area contributed by atoms with Crippen LogP contribution in [0.1, 0.15) is 109 Å². The van der Waals surface area contributed by atoms with Gasteiger partial charge < -0.3 is 14.4 Å². The number of ether oxygens (including phenoxy) is 2. The molecule has 218 valence electrons. The average molecular weight is 567 g/mol. The van der Waals surface area contributed by atoms with E-state index in [0.29, 0.717) is 17.1 Å². The van der Waals surface area contributed by atoms with Crippen LogP contribution in [0.2, 0.25) is 0 Å². The van der Waals surface area contributed by atoms with E-state index in [1.54, 1.807) is 17.8 Å². The van der Waals surface area contributed by atoms with Crippen LogP contribution in [-0.4, -0.2) is 24.1 Å². The second kappa shape index (κ2) is 14.8. The highest BCUT2D eigenvalue weighted by Gasteiger charge is 2.50. The summed E-state index contributed by atoms with van der Waals surface area (Å²) in [6.45, 7) is 2.27. The van der Waals surface area contributed by atoms with Crippen molar-refractivity contribution in [3.63, 3.8) is 0 Å². The zero-order chi connectivity index (χ0) is 28.4. The van der Waals surface area contributed by atoms with Gasteiger partial charge in [0.1, 0.15) is 0 Å². The number of thioether (sulfide) groups is 1. The first-order valence-electron chi connectivity index (χ1n) is 15.3. The SMILES string of the molecule is CCCCCCCCCCCCCCCCC1=Cc2cc([N+](=O)[O-])cc(OC)c2OC12Sc1ccccc1N2C. The van der Waals surface area contributed by atoms with Gasteiger partial charge in [-0.15, -0.1) is 0 Å². The molecule has 0 saturated carbocycles. The van der Waals surface area contributed by atoms with Crippen molar-refractivity contribution in [2.45, 2.75) is 113 Å². The Morgan fingerprint density at radius 1 is 0.925 bits per heavy atom. The van der Waals surface area contributed by atoms with E-state index in [4.69, 9.17) is 9.47 Å². The first-order chi connectivity index (χ1) is 19.5. The number of para-hydroxylation sites is 1. The molecule has 7 heteroatoms. The number of anilines is 1. The number of fused-ring (bicyclic) bond motifs is 2. The van der Waals surface area contributed by atoms with Gasteiger partial charge in [0.25, 0.3) is 10.7 Å². The molecule has 40 heavy (non-hydrogen) atoms. The fraction of sp³-hybridized carbons (Fsp3) is 0.576. The van der Waals surface area contributed by atoms with Crippen LogP contribution in [0.5, 0.6) is 11.5 Å². The predicted molar refractivity (Wildman–Crippen MR) is 167 cm³/mol. The van der Waals surface area contributed by atoms with E-state index in [2.05, 4.69) is 43.1 Å². The van der Waals surface area contributed by atoms with Gasteiger partial charge in [0.2, 0.25) is 0 Å². The molecule has 0 saturated heterocycles. The molecule has 2 aromatic carbocycles. The molecule has 0 aromatic heterocycles. The topological polar surface area (TPSA) is 64.8 Å². The van der Waals surface area contributed by atoms with Crippen LogP contribution < -0.4 is 14.4 Å². The number of hydrogen-bond donors (Lipinski definition) is 0. The lowest BCUT2D eigenvalue weighted by Crippen LogP contribution is -2.49. The number of likely N-dealkylation sites (N-methyl/N-ethyl adjacent to an activating group) is 1. The summed E-state index contributed by atoms with van der Waals surface area (Å²) in [6, 6.07) is 11.4. The van der Waals surface area contributed by atoms with Crippen LogP contribution in [0.15, 0.2) is 46.9 Å². The maximum absolute atomic E-state index is 11.6. The fourth-order valence-electron chi connectivity index (χ4n) is 5.87. The van der Waals surface area contributed by atoms with Crippen molar-refractivity contribution in [3.8, 4) is 11.5 Å². The van der Waals surface area contributed by atoms with Crippen LogP contribution in [0.4, 0.5) is 11.4 Å². The van der Waals surface area contributed by atoms with Crippen LogP contribution in [0.3, 0.4) is 0 Å². The number of methoxy groups -OCH3 is 1. The van der Waals surface area contributed by atoms with Crippen molar-refractivity contribution in [1.82, 2.24) is 0 Å². The van der Waals surface area contributed by atoms with Crippen molar-refractivity contribution in [2.75, 3.05) is 19.1 Å². The maximum atomic E-state index is 11.6. The van der Waals surface area contributed by atoms with Crippen molar-refractivity contribution >= 4 is 29.2 Å². The number of unbranched alkanes of at least 4 members (excludes halogenated alkanes) is 13. The summed E-state index contributed by atoms with van der Waals surface area (Å²) in [7, 11) is 3.60. The minimum atomic E-state index is -0.726. The van der Waals surface area contributed by atoms with Crippen molar-refractivity contribution in [3.05, 3.63) is 57.6 Å². The Morgan fingerprint density at radius 2 is 1.52 bits per heavy atom. The van der Waals surface area contributed by atoms with Crippen molar-refractivity contribution in [2.24, 2.45) is 0 Å². The minimum absolute atomic E-state index is 0.0120. The van der Waals surface area contributed by atoms with Crippen molar-refractivity contribution in [1.29, 1.82) is 0 Å². The van der Waals surface area contributed by atoms with Crippen LogP contribution in [0, 0.1) is 10.1 Å². The van der Waals surface area contributed by atoms with E-state index < -0.39 is 5.06 Å². The smallest absolute Gasteiger partial charge is 0.274 e. The molecule has 0 fully saturated rings. The number of nitro groups is 1. The van der Waals surface area contributed by atoms with Gasteiger partial charge in [-0.1, -0.05) is 103 Å². The second-order valence-corrected chi connectivity index (χ2v) is 12.3. The third kappa shape index (κ3) is 7.15. The molecule has 6 nitrogen and oxygen atoms in total. The molecule has 1 spiro atoms. The molecular formula is C33H46N2O4S. The van der Waals surface area contributed by atoms with Gasteiger partial charge in [-0.2, -0.15) is 0 Å². The average Bonchev–Trinajstić information content (AvgIpc) is 3.24. The summed E-state index contributed by atoms with van der Waals surface area (Å²) in [5.74, 6) is 0.949. The Bertz CT molecular complexity index is 1170. The Balaban J connectivity index is 1.34. The van der Waals surface area contributed by atoms with Gasteiger partial charge in [-0.3, -0.25) is 10.1 Å². The number of nitro benzene ring substituents is 1. The van der Waals surface area contributed by atoms with E-state index in [1.807, 2.05) is 6.07 Å². The van der Waals surface area contributed by atoms with Gasteiger partial charge >= 0.3 is 0 Å². The second-order valence-electron chi connectivity index (χ2n) is 11.2. The van der Waals surface area contributed by atoms with Gasteiger partial charge in [0.15, 0.2) is 11.5 Å². The van der Waals surface area contributed by atoms with E-state index >= 15 is 0 Å². The lowest BCUT2D eigenvalue weighted by molar-refractivity contribution is -0.385. The number of rotatable bonds is 17. The quantitative estimate of drug-likeness (QED) is 0.108. The van der Waals surface area contributed by atoms with Crippen molar-refractivity contribution < 1.29 is 14.4 Å². The Hall–Kier alpha value is -2.67. The van der Waals surface area contributed by atoms with E-state index in [-0.39, 0.29) is 10.6 Å². The molecule has 2 aliphatic rings. The number of benzene rings is 2. The first-order valence-corrected chi connectivity index (χ1v) is 16.1. The molecule has 0 radical (unpaired) electrons. The zero-order valence-electron chi connectivity index (χ0n) is 24.6.